The van der Waals surface area contributed by atoms with Gasteiger partial charge in [0.05, 0.1) is 11.0 Å². The molecule has 4 nitrogen and oxygen atoms in total. The van der Waals surface area contributed by atoms with Crippen LogP contribution >= 0.6 is 11.3 Å². The van der Waals surface area contributed by atoms with Crippen molar-refractivity contribution in [2.75, 3.05) is 0 Å². The van der Waals surface area contributed by atoms with Crippen LogP contribution in [0.2, 0.25) is 0 Å². The zero-order valence-electron chi connectivity index (χ0n) is 35.6. The summed E-state index contributed by atoms with van der Waals surface area (Å²) in [7, 11) is 0. The minimum Gasteiger partial charge on any atom is -0.309 e. The van der Waals surface area contributed by atoms with Crippen LogP contribution < -0.4 is 0 Å². The van der Waals surface area contributed by atoms with Gasteiger partial charge in [-0.25, -0.2) is 15.0 Å². The molecule has 0 saturated carbocycles. The number of thiophene rings is 1. The highest BCUT2D eigenvalue weighted by atomic mass is 32.1. The molecule has 0 aliphatic carbocycles. The molecule has 0 unspecified atom stereocenters. The largest absolute Gasteiger partial charge is 0.309 e. The molecule has 0 bridgehead atoms. The maximum Gasteiger partial charge on any atom is 0.164 e. The number of aromatic nitrogens is 4. The molecule has 3 heterocycles. The first-order chi connectivity index (χ1) is 32.7. The van der Waals surface area contributed by atoms with Crippen LogP contribution in [0, 0.1) is 0 Å². The lowest BCUT2D eigenvalue weighted by Gasteiger charge is -2.17. The van der Waals surface area contributed by atoms with Gasteiger partial charge >= 0.3 is 0 Å². The second-order valence-electron chi connectivity index (χ2n) is 16.7. The SMILES string of the molecule is c1ccc(-c2ccccc2-c2nc(-c3ccccc3-c3ccccc3)nc(-c3ccc(-n4c5ccccc5c5cc6ccccc6cc54)cc3-c3ccc4c(c3)sc3ccccc34)n2)cc1. The summed E-state index contributed by atoms with van der Waals surface area (Å²) >= 11 is 1.83. The average molecular weight is 859 g/mol. The molecular weight excluding hydrogens is 821 g/mol. The third-order valence-electron chi connectivity index (χ3n) is 12.9. The Bertz CT molecular complexity index is 3900. The molecule has 308 valence electrons. The highest BCUT2D eigenvalue weighted by Crippen LogP contribution is 2.43. The molecule has 13 aromatic rings. The van der Waals surface area contributed by atoms with Crippen LogP contribution in [0.3, 0.4) is 0 Å². The fourth-order valence-corrected chi connectivity index (χ4v) is 10.9. The maximum absolute atomic E-state index is 5.47. The molecule has 66 heavy (non-hydrogen) atoms. The van der Waals surface area contributed by atoms with Crippen LogP contribution in [0.5, 0.6) is 0 Å². The molecule has 13 rings (SSSR count). The predicted octanol–water partition coefficient (Wildman–Crippen LogP) is 16.5. The standard InChI is InChI=1S/C61H38N4S/c1-3-17-39(18-4-1)45-23-9-11-27-50(45)59-62-60(51-28-12-10-24-46(51)40-19-5-2-6-20-40)64-61(63-59)52-34-32-44(38-53(52)43-31-33-49-48-26-14-16-30-57(48)66-58(49)37-43)65-55-29-15-13-25-47(55)54-35-41-21-7-8-22-42(41)36-56(54)65/h1-38H. The molecule has 10 aromatic carbocycles. The Labute approximate surface area is 385 Å². The Kier molecular flexibility index (Phi) is 9.00. The second-order valence-corrected chi connectivity index (χ2v) is 17.8. The summed E-state index contributed by atoms with van der Waals surface area (Å²) < 4.78 is 4.93. The van der Waals surface area contributed by atoms with Crippen molar-refractivity contribution in [3.05, 3.63) is 231 Å². The molecule has 0 amide bonds. The molecule has 5 heteroatoms. The number of benzene rings is 10. The Hall–Kier alpha value is -8.51. The van der Waals surface area contributed by atoms with E-state index in [1.165, 1.54) is 41.7 Å². The van der Waals surface area contributed by atoms with Gasteiger partial charge in [0.15, 0.2) is 17.5 Å². The van der Waals surface area contributed by atoms with Crippen LogP contribution in [0.1, 0.15) is 0 Å². The summed E-state index contributed by atoms with van der Waals surface area (Å²) in [5, 5.41) is 7.41. The van der Waals surface area contributed by atoms with Crippen molar-refractivity contribution in [1.82, 2.24) is 19.5 Å². The lowest BCUT2D eigenvalue weighted by Crippen LogP contribution is -2.03. The zero-order valence-corrected chi connectivity index (χ0v) is 36.5. The molecule has 0 radical (unpaired) electrons. The summed E-state index contributed by atoms with van der Waals surface area (Å²) in [6.07, 6.45) is 0. The van der Waals surface area contributed by atoms with Crippen LogP contribution in [-0.4, -0.2) is 19.5 Å². The van der Waals surface area contributed by atoms with Gasteiger partial charge in [0.25, 0.3) is 0 Å². The van der Waals surface area contributed by atoms with Gasteiger partial charge in [-0.1, -0.05) is 182 Å². The normalized spacial score (nSPS) is 11.6. The number of nitrogens with zero attached hydrogens (tertiary/aromatic N) is 4. The summed E-state index contributed by atoms with van der Waals surface area (Å²) in [4.78, 5) is 16.3. The fraction of sp³-hybridized carbons (Fsp3) is 0. The molecule has 0 aliphatic heterocycles. The van der Waals surface area contributed by atoms with Crippen molar-refractivity contribution >= 4 is 64.1 Å². The van der Waals surface area contributed by atoms with Crippen molar-refractivity contribution in [1.29, 1.82) is 0 Å². The van der Waals surface area contributed by atoms with Gasteiger partial charge in [0, 0.05) is 53.3 Å². The number of para-hydroxylation sites is 1. The van der Waals surface area contributed by atoms with E-state index in [2.05, 4.69) is 235 Å². The third-order valence-corrected chi connectivity index (χ3v) is 14.0. The smallest absolute Gasteiger partial charge is 0.164 e. The summed E-state index contributed by atoms with van der Waals surface area (Å²) in [5.74, 6) is 1.83. The van der Waals surface area contributed by atoms with Gasteiger partial charge in [-0.15, -0.1) is 11.3 Å². The number of fused-ring (bicyclic) bond motifs is 7. The number of hydrogen-bond acceptors (Lipinski definition) is 4. The van der Waals surface area contributed by atoms with E-state index in [0.717, 1.165) is 66.8 Å². The Morgan fingerprint density at radius 3 is 1.47 bits per heavy atom. The first-order valence-corrected chi connectivity index (χ1v) is 23.1. The first-order valence-electron chi connectivity index (χ1n) is 22.3. The minimum atomic E-state index is 0.604. The summed E-state index contributed by atoms with van der Waals surface area (Å²) in [5.41, 5.74) is 12.6. The van der Waals surface area contributed by atoms with Crippen LogP contribution in [-0.2, 0) is 0 Å². The van der Waals surface area contributed by atoms with Crippen molar-refractivity contribution in [2.24, 2.45) is 0 Å². The Balaban J connectivity index is 1.10. The van der Waals surface area contributed by atoms with E-state index in [9.17, 15) is 0 Å². The van der Waals surface area contributed by atoms with E-state index in [4.69, 9.17) is 15.0 Å². The minimum absolute atomic E-state index is 0.604. The monoisotopic (exact) mass is 858 g/mol. The molecule has 0 spiro atoms. The van der Waals surface area contributed by atoms with Crippen molar-refractivity contribution in [3.63, 3.8) is 0 Å². The van der Waals surface area contributed by atoms with Crippen molar-refractivity contribution in [2.45, 2.75) is 0 Å². The van der Waals surface area contributed by atoms with E-state index < -0.39 is 0 Å². The van der Waals surface area contributed by atoms with Crippen LogP contribution in [0.15, 0.2) is 231 Å². The summed E-state index contributed by atoms with van der Waals surface area (Å²) in [6, 6.07) is 82.3. The van der Waals surface area contributed by atoms with Gasteiger partial charge < -0.3 is 4.57 Å². The lowest BCUT2D eigenvalue weighted by atomic mass is 9.96. The Morgan fingerprint density at radius 2 is 0.803 bits per heavy atom. The van der Waals surface area contributed by atoms with Crippen LogP contribution in [0.4, 0.5) is 0 Å². The molecule has 0 aliphatic rings. The van der Waals surface area contributed by atoms with E-state index in [0.29, 0.717) is 17.5 Å². The van der Waals surface area contributed by atoms with E-state index >= 15 is 0 Å². The van der Waals surface area contributed by atoms with Gasteiger partial charge in [-0.05, 0) is 92.7 Å². The zero-order chi connectivity index (χ0) is 43.6. The number of hydrogen-bond donors (Lipinski definition) is 0. The van der Waals surface area contributed by atoms with E-state index in [1.54, 1.807) is 0 Å². The molecule has 0 saturated heterocycles. The van der Waals surface area contributed by atoms with Gasteiger partial charge in [-0.3, -0.25) is 0 Å². The predicted molar refractivity (Wildman–Crippen MR) is 277 cm³/mol. The molecule has 3 aromatic heterocycles. The topological polar surface area (TPSA) is 43.6 Å². The lowest BCUT2D eigenvalue weighted by molar-refractivity contribution is 1.07. The van der Waals surface area contributed by atoms with Crippen LogP contribution in [0.25, 0.3) is 126 Å². The van der Waals surface area contributed by atoms with Gasteiger partial charge in [0.2, 0.25) is 0 Å². The van der Waals surface area contributed by atoms with E-state index in [-0.39, 0.29) is 0 Å². The second kappa shape index (κ2) is 15.6. The molecular formula is C61H38N4S. The highest BCUT2D eigenvalue weighted by Gasteiger charge is 2.22. The third kappa shape index (κ3) is 6.40. The Morgan fingerprint density at radius 1 is 0.288 bits per heavy atom. The number of rotatable bonds is 7. The fourth-order valence-electron chi connectivity index (χ4n) is 9.76. The first kappa shape index (κ1) is 38.0. The molecule has 0 fully saturated rings. The van der Waals surface area contributed by atoms with Gasteiger partial charge in [0.1, 0.15) is 0 Å². The van der Waals surface area contributed by atoms with Crippen molar-refractivity contribution in [3.8, 4) is 73.2 Å². The highest BCUT2D eigenvalue weighted by molar-refractivity contribution is 7.25. The van der Waals surface area contributed by atoms with Crippen molar-refractivity contribution < 1.29 is 0 Å². The maximum atomic E-state index is 5.47. The molecule has 0 N–H and O–H groups in total. The summed E-state index contributed by atoms with van der Waals surface area (Å²) in [6.45, 7) is 0. The quantitative estimate of drug-likeness (QED) is 0.160. The average Bonchev–Trinajstić information content (AvgIpc) is 3.93. The van der Waals surface area contributed by atoms with E-state index in [1.807, 2.05) is 11.3 Å². The van der Waals surface area contributed by atoms with Gasteiger partial charge in [-0.2, -0.15) is 0 Å². The molecule has 0 atom stereocenters.